The largest absolute Gasteiger partial charge is 0.508 e. The molecule has 1 fully saturated rings. The van der Waals surface area contributed by atoms with E-state index in [0.717, 1.165) is 30.2 Å². The normalized spacial score (nSPS) is 16.7. The van der Waals surface area contributed by atoms with Crippen LogP contribution in [-0.2, 0) is 14.8 Å². The number of likely N-dealkylation sites (tertiary alicyclic amines) is 1. The summed E-state index contributed by atoms with van der Waals surface area (Å²) in [6.07, 6.45) is 1.84. The smallest absolute Gasteiger partial charge is 0.242 e. The number of nitrogens with zero attached hydrogens (tertiary/aromatic N) is 2. The van der Waals surface area contributed by atoms with Crippen LogP contribution in [0.15, 0.2) is 47.4 Å². The Bertz CT molecular complexity index is 1050. The standard InChI is InChI=1S/C23H31N3O5S/c1-16(26-13-11-18(12-14-26)17-5-7-19(27)8-6-17)23(28)24-21-15-20(9-10-22(21)31-4)32(29,30)25(2)3/h5-10,15-16,18,27H,11-14H2,1-4H3,(H,24,28). The topological polar surface area (TPSA) is 99.2 Å². The second-order valence-corrected chi connectivity index (χ2v) is 10.4. The molecule has 1 atom stereocenters. The Morgan fingerprint density at radius 2 is 1.78 bits per heavy atom. The van der Waals surface area contributed by atoms with Gasteiger partial charge < -0.3 is 15.2 Å². The predicted molar refractivity (Wildman–Crippen MR) is 124 cm³/mol. The molecule has 8 nitrogen and oxygen atoms in total. The molecule has 1 aliphatic rings. The zero-order valence-corrected chi connectivity index (χ0v) is 19.7. The summed E-state index contributed by atoms with van der Waals surface area (Å²) < 4.78 is 31.4. The van der Waals surface area contributed by atoms with Crippen LogP contribution in [-0.4, -0.2) is 69.0 Å². The molecule has 0 radical (unpaired) electrons. The van der Waals surface area contributed by atoms with Gasteiger partial charge in [-0.25, -0.2) is 12.7 Å². The van der Waals surface area contributed by atoms with E-state index in [-0.39, 0.29) is 22.6 Å². The Balaban J connectivity index is 1.67. The van der Waals surface area contributed by atoms with Crippen molar-refractivity contribution in [2.75, 3.05) is 39.6 Å². The summed E-state index contributed by atoms with van der Waals surface area (Å²) in [6.45, 7) is 3.39. The van der Waals surface area contributed by atoms with E-state index in [2.05, 4.69) is 10.2 Å². The van der Waals surface area contributed by atoms with Crippen molar-refractivity contribution in [1.29, 1.82) is 0 Å². The molecule has 1 saturated heterocycles. The van der Waals surface area contributed by atoms with Gasteiger partial charge in [-0.3, -0.25) is 9.69 Å². The van der Waals surface area contributed by atoms with Gasteiger partial charge in [-0.05, 0) is 74.7 Å². The number of hydrogen-bond acceptors (Lipinski definition) is 6. The summed E-state index contributed by atoms with van der Waals surface area (Å²) in [5.41, 5.74) is 1.52. The number of amides is 1. The number of rotatable bonds is 7. The van der Waals surface area contributed by atoms with E-state index in [1.807, 2.05) is 19.1 Å². The number of phenolic OH excluding ortho intramolecular Hbond substituents is 1. The van der Waals surface area contributed by atoms with Gasteiger partial charge in [-0.2, -0.15) is 0 Å². The van der Waals surface area contributed by atoms with Crippen molar-refractivity contribution in [3.05, 3.63) is 48.0 Å². The van der Waals surface area contributed by atoms with Crippen LogP contribution < -0.4 is 10.1 Å². The highest BCUT2D eigenvalue weighted by Gasteiger charge is 2.28. The van der Waals surface area contributed by atoms with Gasteiger partial charge in [0.1, 0.15) is 11.5 Å². The molecule has 0 spiro atoms. The number of ether oxygens (including phenoxy) is 1. The van der Waals surface area contributed by atoms with Gasteiger partial charge in [-0.15, -0.1) is 0 Å². The summed E-state index contributed by atoms with van der Waals surface area (Å²) in [5.74, 6) is 0.838. The molecule has 2 N–H and O–H groups in total. The zero-order chi connectivity index (χ0) is 23.5. The number of anilines is 1. The first-order valence-electron chi connectivity index (χ1n) is 10.6. The maximum atomic E-state index is 13.0. The van der Waals surface area contributed by atoms with Crippen molar-refractivity contribution < 1.29 is 23.1 Å². The fourth-order valence-electron chi connectivity index (χ4n) is 3.93. The average molecular weight is 462 g/mol. The van der Waals surface area contributed by atoms with E-state index >= 15 is 0 Å². The number of carbonyl (C=O) groups is 1. The van der Waals surface area contributed by atoms with Crippen LogP contribution in [0.3, 0.4) is 0 Å². The highest BCUT2D eigenvalue weighted by Crippen LogP contribution is 2.31. The first kappa shape index (κ1) is 24.0. The van der Waals surface area contributed by atoms with Crippen molar-refractivity contribution in [3.63, 3.8) is 0 Å². The molecular formula is C23H31N3O5S. The van der Waals surface area contributed by atoms with E-state index in [4.69, 9.17) is 4.74 Å². The summed E-state index contributed by atoms with van der Waals surface area (Å²) >= 11 is 0. The Kier molecular flexibility index (Phi) is 7.43. The number of hydrogen-bond donors (Lipinski definition) is 2. The number of aromatic hydroxyl groups is 1. The minimum atomic E-state index is -3.64. The molecule has 0 saturated carbocycles. The van der Waals surface area contributed by atoms with E-state index in [9.17, 15) is 18.3 Å². The molecule has 1 heterocycles. The van der Waals surface area contributed by atoms with Crippen LogP contribution in [0.2, 0.25) is 0 Å². The summed E-state index contributed by atoms with van der Waals surface area (Å²) in [4.78, 5) is 15.2. The van der Waals surface area contributed by atoms with Gasteiger partial charge >= 0.3 is 0 Å². The predicted octanol–water partition coefficient (Wildman–Crippen LogP) is 2.86. The molecule has 9 heteroatoms. The molecule has 1 unspecified atom stereocenters. The second kappa shape index (κ2) is 9.89. The number of benzene rings is 2. The molecule has 0 aromatic heterocycles. The van der Waals surface area contributed by atoms with Gasteiger partial charge in [0.15, 0.2) is 0 Å². The van der Waals surface area contributed by atoms with E-state index in [1.54, 1.807) is 18.2 Å². The Morgan fingerprint density at radius 1 is 1.16 bits per heavy atom. The van der Waals surface area contributed by atoms with Crippen LogP contribution in [0.5, 0.6) is 11.5 Å². The van der Waals surface area contributed by atoms with Gasteiger partial charge in [0.2, 0.25) is 15.9 Å². The van der Waals surface area contributed by atoms with Crippen molar-refractivity contribution in [2.45, 2.75) is 36.6 Å². The third-order valence-corrected chi connectivity index (χ3v) is 7.84. The molecule has 0 aliphatic carbocycles. The average Bonchev–Trinajstić information content (AvgIpc) is 2.79. The zero-order valence-electron chi connectivity index (χ0n) is 18.9. The molecule has 0 bridgehead atoms. The van der Waals surface area contributed by atoms with Gasteiger partial charge in [0, 0.05) is 14.1 Å². The number of sulfonamides is 1. The first-order chi connectivity index (χ1) is 15.1. The number of methoxy groups -OCH3 is 1. The van der Waals surface area contributed by atoms with Gasteiger partial charge in [0.05, 0.1) is 23.7 Å². The molecule has 32 heavy (non-hydrogen) atoms. The molecule has 1 amide bonds. The minimum Gasteiger partial charge on any atom is -0.508 e. The van der Waals surface area contributed by atoms with Gasteiger partial charge in [-0.1, -0.05) is 12.1 Å². The lowest BCUT2D eigenvalue weighted by atomic mass is 9.89. The second-order valence-electron chi connectivity index (χ2n) is 8.22. The highest BCUT2D eigenvalue weighted by molar-refractivity contribution is 7.89. The molecule has 1 aliphatic heterocycles. The monoisotopic (exact) mass is 461 g/mol. The third kappa shape index (κ3) is 5.23. The van der Waals surface area contributed by atoms with Crippen molar-refractivity contribution in [3.8, 4) is 11.5 Å². The van der Waals surface area contributed by atoms with Crippen molar-refractivity contribution >= 4 is 21.6 Å². The Labute approximate surface area is 189 Å². The number of phenols is 1. The number of nitrogens with one attached hydrogen (secondary N) is 1. The van der Waals surface area contributed by atoms with Crippen LogP contribution >= 0.6 is 0 Å². The molecule has 2 aromatic carbocycles. The molecule has 2 aromatic rings. The van der Waals surface area contributed by atoms with E-state index in [1.165, 1.54) is 38.9 Å². The minimum absolute atomic E-state index is 0.0842. The van der Waals surface area contributed by atoms with Gasteiger partial charge in [0.25, 0.3) is 0 Å². The van der Waals surface area contributed by atoms with Crippen LogP contribution in [0.1, 0.15) is 31.2 Å². The Morgan fingerprint density at radius 3 is 2.34 bits per heavy atom. The summed E-state index contributed by atoms with van der Waals surface area (Å²) in [6, 6.07) is 11.4. The third-order valence-electron chi connectivity index (χ3n) is 6.03. The van der Waals surface area contributed by atoms with Crippen LogP contribution in [0, 0.1) is 0 Å². The van der Waals surface area contributed by atoms with Crippen molar-refractivity contribution in [2.24, 2.45) is 0 Å². The highest BCUT2D eigenvalue weighted by atomic mass is 32.2. The SMILES string of the molecule is COc1ccc(S(=O)(=O)N(C)C)cc1NC(=O)C(C)N1CCC(c2ccc(O)cc2)CC1. The maximum absolute atomic E-state index is 13.0. The fraction of sp³-hybridized carbons (Fsp3) is 0.435. The quantitative estimate of drug-likeness (QED) is 0.658. The first-order valence-corrected chi connectivity index (χ1v) is 12.0. The van der Waals surface area contributed by atoms with E-state index < -0.39 is 10.0 Å². The molecule has 174 valence electrons. The number of carbonyl (C=O) groups excluding carboxylic acids is 1. The van der Waals surface area contributed by atoms with Crippen LogP contribution in [0.4, 0.5) is 5.69 Å². The number of piperidine rings is 1. The lowest BCUT2D eigenvalue weighted by Crippen LogP contribution is -2.45. The summed E-state index contributed by atoms with van der Waals surface area (Å²) in [7, 11) is 0.759. The summed E-state index contributed by atoms with van der Waals surface area (Å²) in [5, 5.41) is 12.3. The lowest BCUT2D eigenvalue weighted by molar-refractivity contribution is -0.121. The maximum Gasteiger partial charge on any atom is 0.242 e. The van der Waals surface area contributed by atoms with Crippen molar-refractivity contribution in [1.82, 2.24) is 9.21 Å². The van der Waals surface area contributed by atoms with Crippen LogP contribution in [0.25, 0.3) is 0 Å². The lowest BCUT2D eigenvalue weighted by Gasteiger charge is -2.35. The molecule has 3 rings (SSSR count). The fourth-order valence-corrected chi connectivity index (χ4v) is 4.85. The van der Waals surface area contributed by atoms with E-state index in [0.29, 0.717) is 17.4 Å². The molecular weight excluding hydrogens is 430 g/mol. The Hall–Kier alpha value is -2.62.